The molecule has 0 aromatic carbocycles. The SMILES string of the molecule is O[C@H]1CCN2CCCC1C2. The van der Waals surface area contributed by atoms with Crippen molar-refractivity contribution >= 4 is 0 Å². The zero-order valence-corrected chi connectivity index (χ0v) is 6.29. The van der Waals surface area contributed by atoms with Crippen LogP contribution in [0.4, 0.5) is 0 Å². The van der Waals surface area contributed by atoms with Crippen molar-refractivity contribution in [2.45, 2.75) is 25.4 Å². The molecule has 0 radical (unpaired) electrons. The van der Waals surface area contributed by atoms with Gasteiger partial charge in [-0.1, -0.05) is 0 Å². The number of hydrogen-bond acceptors (Lipinski definition) is 2. The maximum absolute atomic E-state index is 9.49. The van der Waals surface area contributed by atoms with Crippen LogP contribution in [0.25, 0.3) is 0 Å². The van der Waals surface area contributed by atoms with Crippen LogP contribution in [0.1, 0.15) is 19.3 Å². The summed E-state index contributed by atoms with van der Waals surface area (Å²) in [7, 11) is 0. The van der Waals surface area contributed by atoms with Gasteiger partial charge in [-0.05, 0) is 31.7 Å². The molecular weight excluding hydrogens is 126 g/mol. The molecule has 2 heterocycles. The number of nitrogens with zero attached hydrogens (tertiary/aromatic N) is 1. The quantitative estimate of drug-likeness (QED) is 0.530. The molecule has 2 nitrogen and oxygen atoms in total. The number of piperidine rings is 2. The van der Waals surface area contributed by atoms with Crippen LogP contribution >= 0.6 is 0 Å². The molecule has 2 aliphatic heterocycles. The van der Waals surface area contributed by atoms with E-state index in [-0.39, 0.29) is 6.10 Å². The van der Waals surface area contributed by atoms with Crippen LogP contribution in [0.2, 0.25) is 0 Å². The van der Waals surface area contributed by atoms with Crippen LogP contribution in [0.5, 0.6) is 0 Å². The first-order valence-corrected chi connectivity index (χ1v) is 4.26. The van der Waals surface area contributed by atoms with Gasteiger partial charge in [-0.15, -0.1) is 0 Å². The lowest BCUT2D eigenvalue weighted by Crippen LogP contribution is -2.46. The smallest absolute Gasteiger partial charge is 0.0592 e. The normalized spacial score (nSPS) is 47.1. The topological polar surface area (TPSA) is 23.5 Å². The lowest BCUT2D eigenvalue weighted by atomic mass is 9.87. The second-order valence-corrected chi connectivity index (χ2v) is 3.56. The minimum absolute atomic E-state index is 0.0107. The van der Waals surface area contributed by atoms with Crippen LogP contribution in [-0.4, -0.2) is 35.7 Å². The van der Waals surface area contributed by atoms with Crippen molar-refractivity contribution in [3.05, 3.63) is 0 Å². The van der Waals surface area contributed by atoms with E-state index >= 15 is 0 Å². The predicted octanol–water partition coefficient (Wildman–Crippen LogP) is 0.463. The molecule has 10 heavy (non-hydrogen) atoms. The van der Waals surface area contributed by atoms with Crippen LogP contribution in [0, 0.1) is 5.92 Å². The van der Waals surface area contributed by atoms with Gasteiger partial charge in [0.25, 0.3) is 0 Å². The van der Waals surface area contributed by atoms with Gasteiger partial charge in [0.1, 0.15) is 0 Å². The highest BCUT2D eigenvalue weighted by Crippen LogP contribution is 2.25. The van der Waals surface area contributed by atoms with Gasteiger partial charge in [-0.2, -0.15) is 0 Å². The van der Waals surface area contributed by atoms with Crippen molar-refractivity contribution in [2.75, 3.05) is 19.6 Å². The number of fused-ring (bicyclic) bond motifs is 2. The summed E-state index contributed by atoms with van der Waals surface area (Å²) < 4.78 is 0. The van der Waals surface area contributed by atoms with Crippen molar-refractivity contribution in [2.24, 2.45) is 5.92 Å². The molecular formula is C8H15NO. The third-order valence-electron chi connectivity index (χ3n) is 2.83. The first kappa shape index (κ1) is 6.62. The highest BCUT2D eigenvalue weighted by molar-refractivity contribution is 4.83. The number of aliphatic hydroxyl groups excluding tert-OH is 1. The Hall–Kier alpha value is -0.0800. The predicted molar refractivity (Wildman–Crippen MR) is 39.8 cm³/mol. The van der Waals surface area contributed by atoms with E-state index in [1.165, 1.54) is 19.4 Å². The Balaban J connectivity index is 2.00. The number of aliphatic hydroxyl groups is 1. The van der Waals surface area contributed by atoms with E-state index in [0.717, 1.165) is 19.5 Å². The van der Waals surface area contributed by atoms with E-state index in [0.29, 0.717) is 5.92 Å². The summed E-state index contributed by atoms with van der Waals surface area (Å²) in [6.07, 6.45) is 3.56. The average molecular weight is 141 g/mol. The van der Waals surface area contributed by atoms with Crippen molar-refractivity contribution in [3.8, 4) is 0 Å². The van der Waals surface area contributed by atoms with Crippen molar-refractivity contribution in [1.82, 2.24) is 4.90 Å². The third-order valence-corrected chi connectivity index (χ3v) is 2.83. The lowest BCUT2D eigenvalue weighted by molar-refractivity contribution is 0.000185. The largest absolute Gasteiger partial charge is 0.393 e. The molecule has 2 heteroatoms. The van der Waals surface area contributed by atoms with Gasteiger partial charge < -0.3 is 10.0 Å². The maximum Gasteiger partial charge on any atom is 0.0592 e. The van der Waals surface area contributed by atoms with Gasteiger partial charge >= 0.3 is 0 Å². The fourth-order valence-electron chi connectivity index (χ4n) is 2.16. The van der Waals surface area contributed by atoms with Crippen LogP contribution < -0.4 is 0 Å². The van der Waals surface area contributed by atoms with Gasteiger partial charge in [0.2, 0.25) is 0 Å². The number of rotatable bonds is 0. The van der Waals surface area contributed by atoms with Crippen LogP contribution in [0.15, 0.2) is 0 Å². The third kappa shape index (κ3) is 1.06. The molecule has 2 aliphatic rings. The Bertz CT molecular complexity index is 124. The van der Waals surface area contributed by atoms with Gasteiger partial charge in [0, 0.05) is 13.1 Å². The van der Waals surface area contributed by atoms with Crippen LogP contribution in [-0.2, 0) is 0 Å². The van der Waals surface area contributed by atoms with E-state index in [4.69, 9.17) is 0 Å². The first-order valence-electron chi connectivity index (χ1n) is 4.26. The van der Waals surface area contributed by atoms with Gasteiger partial charge in [0.05, 0.1) is 6.10 Å². The van der Waals surface area contributed by atoms with Crippen molar-refractivity contribution in [1.29, 1.82) is 0 Å². The summed E-state index contributed by atoms with van der Waals surface area (Å²) in [5.41, 5.74) is 0. The second kappa shape index (κ2) is 2.51. The molecule has 0 aromatic rings. The van der Waals surface area contributed by atoms with Crippen molar-refractivity contribution in [3.63, 3.8) is 0 Å². The monoisotopic (exact) mass is 141 g/mol. The second-order valence-electron chi connectivity index (χ2n) is 3.56. The molecule has 0 amide bonds. The standard InChI is InChI=1S/C8H15NO/c10-8-3-5-9-4-1-2-7(8)6-9/h7-8,10H,1-6H2/t7?,8-/m0/s1. The molecule has 2 fully saturated rings. The maximum atomic E-state index is 9.49. The molecule has 1 N–H and O–H groups in total. The Kier molecular flexibility index (Phi) is 1.66. The summed E-state index contributed by atoms with van der Waals surface area (Å²) in [5.74, 6) is 0.600. The molecule has 58 valence electrons. The molecule has 0 saturated carbocycles. The molecule has 0 aliphatic carbocycles. The fourth-order valence-corrected chi connectivity index (χ4v) is 2.16. The Morgan fingerprint density at radius 3 is 2.90 bits per heavy atom. The van der Waals surface area contributed by atoms with E-state index in [1.807, 2.05) is 0 Å². The molecule has 2 bridgehead atoms. The van der Waals surface area contributed by atoms with Crippen LogP contribution in [0.3, 0.4) is 0 Å². The lowest BCUT2D eigenvalue weighted by Gasteiger charge is -2.40. The molecule has 2 unspecified atom stereocenters. The van der Waals surface area contributed by atoms with Gasteiger partial charge in [-0.25, -0.2) is 0 Å². The Labute approximate surface area is 61.8 Å². The molecule has 0 aromatic heterocycles. The van der Waals surface area contributed by atoms with E-state index in [9.17, 15) is 5.11 Å². The summed E-state index contributed by atoms with van der Waals surface area (Å²) in [5, 5.41) is 9.49. The highest BCUT2D eigenvalue weighted by Gasteiger charge is 2.30. The Morgan fingerprint density at radius 2 is 2.10 bits per heavy atom. The highest BCUT2D eigenvalue weighted by atomic mass is 16.3. The number of hydrogen-bond donors (Lipinski definition) is 1. The molecule has 3 atom stereocenters. The zero-order chi connectivity index (χ0) is 6.97. The van der Waals surface area contributed by atoms with Gasteiger partial charge in [-0.3, -0.25) is 0 Å². The summed E-state index contributed by atoms with van der Waals surface area (Å²) in [6.45, 7) is 3.54. The van der Waals surface area contributed by atoms with Gasteiger partial charge in [0.15, 0.2) is 0 Å². The minimum atomic E-state index is 0.0107. The molecule has 2 saturated heterocycles. The van der Waals surface area contributed by atoms with E-state index < -0.39 is 0 Å². The average Bonchev–Trinajstić information content (AvgIpc) is 1.99. The summed E-state index contributed by atoms with van der Waals surface area (Å²) in [6, 6.07) is 0. The molecule has 2 rings (SSSR count). The fraction of sp³-hybridized carbons (Fsp3) is 1.00. The minimum Gasteiger partial charge on any atom is -0.393 e. The summed E-state index contributed by atoms with van der Waals surface area (Å²) >= 11 is 0. The Morgan fingerprint density at radius 1 is 1.20 bits per heavy atom. The van der Waals surface area contributed by atoms with E-state index in [2.05, 4.69) is 4.90 Å². The van der Waals surface area contributed by atoms with E-state index in [1.54, 1.807) is 0 Å². The zero-order valence-electron chi connectivity index (χ0n) is 6.29. The molecule has 0 spiro atoms. The van der Waals surface area contributed by atoms with Crippen molar-refractivity contribution < 1.29 is 5.11 Å². The first-order chi connectivity index (χ1) is 4.86. The summed E-state index contributed by atoms with van der Waals surface area (Å²) in [4.78, 5) is 2.47.